The Morgan fingerprint density at radius 1 is 1.41 bits per heavy atom. The van der Waals surface area contributed by atoms with Gasteiger partial charge in [0.05, 0.1) is 12.7 Å². The summed E-state index contributed by atoms with van der Waals surface area (Å²) in [5.41, 5.74) is 0.503. The van der Waals surface area contributed by atoms with Gasteiger partial charge in [0.1, 0.15) is 0 Å². The van der Waals surface area contributed by atoms with E-state index in [1.807, 2.05) is 26.0 Å². The molecule has 0 saturated carbocycles. The molecule has 1 heterocycles. The molecule has 1 aromatic rings. The molecule has 0 aliphatic rings. The van der Waals surface area contributed by atoms with Crippen molar-refractivity contribution in [3.63, 3.8) is 0 Å². The zero-order valence-electron chi connectivity index (χ0n) is 10.9. The maximum atomic E-state index is 10.1. The van der Waals surface area contributed by atoms with Crippen molar-refractivity contribution >= 4 is 0 Å². The van der Waals surface area contributed by atoms with Gasteiger partial charge in [-0.1, -0.05) is 13.8 Å². The summed E-state index contributed by atoms with van der Waals surface area (Å²) in [4.78, 5) is 4.05. The van der Waals surface area contributed by atoms with Crippen LogP contribution in [0.3, 0.4) is 0 Å². The van der Waals surface area contributed by atoms with Crippen LogP contribution in [0.5, 0.6) is 5.88 Å². The topological polar surface area (TPSA) is 54.4 Å². The number of rotatable bonds is 7. The first kappa shape index (κ1) is 13.9. The number of hydrogen-bond donors (Lipinski definition) is 2. The molecule has 96 valence electrons. The molecule has 0 bridgehead atoms. The van der Waals surface area contributed by atoms with Gasteiger partial charge >= 0.3 is 0 Å². The molecule has 0 spiro atoms. The predicted molar refractivity (Wildman–Crippen MR) is 68.0 cm³/mol. The number of nitrogens with one attached hydrogen (secondary N) is 1. The Labute approximate surface area is 103 Å². The molecular weight excluding hydrogens is 216 g/mol. The van der Waals surface area contributed by atoms with E-state index < -0.39 is 5.60 Å². The van der Waals surface area contributed by atoms with Crippen molar-refractivity contribution in [1.82, 2.24) is 10.3 Å². The number of methoxy groups -OCH3 is 1. The number of aliphatic hydroxyl groups is 1. The second-order valence-corrected chi connectivity index (χ2v) is 4.24. The standard InChI is InChI=1S/C13H22N2O2/c1-4-13(16,5-2)10-14-9-11-6-7-15-12(8-11)17-3/h6-8,14,16H,4-5,9-10H2,1-3H3. The highest BCUT2D eigenvalue weighted by atomic mass is 16.5. The molecule has 0 fully saturated rings. The largest absolute Gasteiger partial charge is 0.481 e. The van der Waals surface area contributed by atoms with E-state index in [9.17, 15) is 5.11 Å². The fourth-order valence-electron chi connectivity index (χ4n) is 1.61. The Morgan fingerprint density at radius 2 is 2.12 bits per heavy atom. The smallest absolute Gasteiger partial charge is 0.213 e. The van der Waals surface area contributed by atoms with Crippen molar-refractivity contribution in [2.45, 2.75) is 38.8 Å². The van der Waals surface area contributed by atoms with Gasteiger partial charge in [0.25, 0.3) is 0 Å². The number of nitrogens with zero attached hydrogens (tertiary/aromatic N) is 1. The summed E-state index contributed by atoms with van der Waals surface area (Å²) in [5.74, 6) is 0.616. The van der Waals surface area contributed by atoms with Crippen molar-refractivity contribution < 1.29 is 9.84 Å². The Kier molecular flexibility index (Phi) is 5.38. The molecule has 17 heavy (non-hydrogen) atoms. The normalized spacial score (nSPS) is 11.5. The third kappa shape index (κ3) is 4.32. The zero-order valence-corrected chi connectivity index (χ0v) is 10.9. The molecule has 0 atom stereocenters. The number of pyridine rings is 1. The molecule has 0 aromatic carbocycles. The van der Waals surface area contributed by atoms with E-state index in [1.165, 1.54) is 0 Å². The number of hydrogen-bond acceptors (Lipinski definition) is 4. The minimum Gasteiger partial charge on any atom is -0.481 e. The average Bonchev–Trinajstić information content (AvgIpc) is 2.39. The number of aromatic nitrogens is 1. The molecule has 0 radical (unpaired) electrons. The van der Waals surface area contributed by atoms with E-state index >= 15 is 0 Å². The fourth-order valence-corrected chi connectivity index (χ4v) is 1.61. The van der Waals surface area contributed by atoms with Gasteiger partial charge in [-0.25, -0.2) is 4.98 Å². The molecule has 1 rings (SSSR count). The Bertz CT molecular complexity index is 338. The summed E-state index contributed by atoms with van der Waals surface area (Å²) in [6.45, 7) is 5.31. The van der Waals surface area contributed by atoms with Gasteiger partial charge < -0.3 is 15.2 Å². The SMILES string of the molecule is CCC(O)(CC)CNCc1ccnc(OC)c1. The summed E-state index contributed by atoms with van der Waals surface area (Å²) in [5, 5.41) is 13.4. The van der Waals surface area contributed by atoms with Crippen LogP contribution in [0.4, 0.5) is 0 Å². The maximum absolute atomic E-state index is 10.1. The van der Waals surface area contributed by atoms with Crippen LogP contribution in [0.15, 0.2) is 18.3 Å². The highest BCUT2D eigenvalue weighted by Gasteiger charge is 2.20. The Hall–Kier alpha value is -1.13. The lowest BCUT2D eigenvalue weighted by Gasteiger charge is -2.25. The van der Waals surface area contributed by atoms with Gasteiger partial charge in [0.2, 0.25) is 5.88 Å². The van der Waals surface area contributed by atoms with E-state index in [0.717, 1.165) is 18.4 Å². The molecule has 4 heteroatoms. The van der Waals surface area contributed by atoms with E-state index in [1.54, 1.807) is 13.3 Å². The first-order chi connectivity index (χ1) is 8.13. The summed E-state index contributed by atoms with van der Waals surface area (Å²) in [6, 6.07) is 3.83. The van der Waals surface area contributed by atoms with Crippen molar-refractivity contribution in [3.05, 3.63) is 23.9 Å². The van der Waals surface area contributed by atoms with Crippen LogP contribution in [0.25, 0.3) is 0 Å². The fraction of sp³-hybridized carbons (Fsp3) is 0.615. The van der Waals surface area contributed by atoms with Gasteiger partial charge in [0.15, 0.2) is 0 Å². The van der Waals surface area contributed by atoms with Crippen molar-refractivity contribution in [3.8, 4) is 5.88 Å². The molecule has 0 aliphatic carbocycles. The summed E-state index contributed by atoms with van der Waals surface area (Å²) in [6.07, 6.45) is 3.24. The summed E-state index contributed by atoms with van der Waals surface area (Å²) >= 11 is 0. The molecular formula is C13H22N2O2. The zero-order chi connectivity index (χ0) is 12.7. The molecule has 1 aromatic heterocycles. The van der Waals surface area contributed by atoms with Crippen molar-refractivity contribution in [2.75, 3.05) is 13.7 Å². The van der Waals surface area contributed by atoms with Crippen molar-refractivity contribution in [2.24, 2.45) is 0 Å². The van der Waals surface area contributed by atoms with Crippen LogP contribution in [0.1, 0.15) is 32.3 Å². The van der Waals surface area contributed by atoms with Gasteiger partial charge in [-0.05, 0) is 24.5 Å². The van der Waals surface area contributed by atoms with Gasteiger partial charge in [-0.2, -0.15) is 0 Å². The minimum absolute atomic E-state index is 0.600. The van der Waals surface area contributed by atoms with E-state index in [-0.39, 0.29) is 0 Å². The van der Waals surface area contributed by atoms with Gasteiger partial charge in [-0.3, -0.25) is 0 Å². The van der Waals surface area contributed by atoms with Crippen LogP contribution < -0.4 is 10.1 Å². The Morgan fingerprint density at radius 3 is 2.71 bits per heavy atom. The van der Waals surface area contributed by atoms with E-state index in [0.29, 0.717) is 19.0 Å². The third-order valence-corrected chi connectivity index (χ3v) is 3.11. The highest BCUT2D eigenvalue weighted by Crippen LogP contribution is 2.13. The third-order valence-electron chi connectivity index (χ3n) is 3.11. The van der Waals surface area contributed by atoms with Gasteiger partial charge in [0, 0.05) is 25.4 Å². The highest BCUT2D eigenvalue weighted by molar-refractivity contribution is 5.20. The lowest BCUT2D eigenvalue weighted by molar-refractivity contribution is 0.0323. The maximum Gasteiger partial charge on any atom is 0.213 e. The molecule has 0 unspecified atom stereocenters. The molecule has 0 saturated heterocycles. The molecule has 4 nitrogen and oxygen atoms in total. The summed E-state index contributed by atoms with van der Waals surface area (Å²) < 4.78 is 5.06. The first-order valence-corrected chi connectivity index (χ1v) is 6.05. The lowest BCUT2D eigenvalue weighted by Crippen LogP contribution is -2.39. The molecule has 0 amide bonds. The van der Waals surface area contributed by atoms with Crippen LogP contribution in [-0.2, 0) is 6.54 Å². The van der Waals surface area contributed by atoms with Crippen LogP contribution in [0, 0.1) is 0 Å². The van der Waals surface area contributed by atoms with Crippen LogP contribution in [-0.4, -0.2) is 29.3 Å². The first-order valence-electron chi connectivity index (χ1n) is 6.05. The quantitative estimate of drug-likeness (QED) is 0.759. The average molecular weight is 238 g/mol. The van der Waals surface area contributed by atoms with E-state index in [4.69, 9.17) is 4.74 Å². The minimum atomic E-state index is -0.600. The van der Waals surface area contributed by atoms with Gasteiger partial charge in [-0.15, -0.1) is 0 Å². The second-order valence-electron chi connectivity index (χ2n) is 4.24. The lowest BCUT2D eigenvalue weighted by atomic mass is 9.97. The van der Waals surface area contributed by atoms with Crippen LogP contribution >= 0.6 is 0 Å². The van der Waals surface area contributed by atoms with E-state index in [2.05, 4.69) is 10.3 Å². The predicted octanol–water partition coefficient (Wildman–Crippen LogP) is 1.73. The van der Waals surface area contributed by atoms with Crippen molar-refractivity contribution in [1.29, 1.82) is 0 Å². The Balaban J connectivity index is 2.45. The number of ether oxygens (including phenoxy) is 1. The monoisotopic (exact) mass is 238 g/mol. The molecule has 2 N–H and O–H groups in total. The molecule has 0 aliphatic heterocycles. The second kappa shape index (κ2) is 6.57. The van der Waals surface area contributed by atoms with Crippen LogP contribution in [0.2, 0.25) is 0 Å². The summed E-state index contributed by atoms with van der Waals surface area (Å²) in [7, 11) is 1.60.